The van der Waals surface area contributed by atoms with Gasteiger partial charge in [0.2, 0.25) is 10.0 Å². The fourth-order valence-corrected chi connectivity index (χ4v) is 3.76. The lowest BCUT2D eigenvalue weighted by Crippen LogP contribution is -2.27. The Labute approximate surface area is 145 Å². The van der Waals surface area contributed by atoms with Crippen LogP contribution in [0.2, 0.25) is 5.02 Å². The van der Waals surface area contributed by atoms with Crippen molar-refractivity contribution < 1.29 is 17.6 Å². The molecule has 24 heavy (non-hydrogen) atoms. The highest BCUT2D eigenvalue weighted by atomic mass is 35.5. The normalized spacial score (nSPS) is 11.5. The van der Waals surface area contributed by atoms with Gasteiger partial charge in [-0.25, -0.2) is 12.8 Å². The van der Waals surface area contributed by atoms with Gasteiger partial charge in [-0.2, -0.15) is 4.31 Å². The largest absolute Gasteiger partial charge is 0.355 e. The standard InChI is InChI=1S/C16H16ClFN2O3S/c1-19-16(21)12-5-3-11(4-6-12)10-20(2)24(22,23)15-8-7-13(18)9-14(15)17/h3-9H,10H2,1-2H3,(H,19,21). The molecule has 0 aliphatic carbocycles. The van der Waals surface area contributed by atoms with E-state index < -0.39 is 15.8 Å². The topological polar surface area (TPSA) is 66.5 Å². The van der Waals surface area contributed by atoms with Crippen molar-refractivity contribution in [2.24, 2.45) is 0 Å². The summed E-state index contributed by atoms with van der Waals surface area (Å²) >= 11 is 5.84. The number of sulfonamides is 1. The van der Waals surface area contributed by atoms with Gasteiger partial charge in [0.25, 0.3) is 5.91 Å². The lowest BCUT2D eigenvalue weighted by atomic mass is 10.1. The van der Waals surface area contributed by atoms with Gasteiger partial charge < -0.3 is 5.32 Å². The Bertz CT molecular complexity index is 854. The van der Waals surface area contributed by atoms with Crippen molar-refractivity contribution in [1.82, 2.24) is 9.62 Å². The van der Waals surface area contributed by atoms with Crippen molar-refractivity contribution in [2.75, 3.05) is 14.1 Å². The minimum absolute atomic E-state index is 0.0874. The highest BCUT2D eigenvalue weighted by Crippen LogP contribution is 2.25. The molecular weight excluding hydrogens is 355 g/mol. The lowest BCUT2D eigenvalue weighted by molar-refractivity contribution is 0.0963. The zero-order valence-electron chi connectivity index (χ0n) is 13.1. The summed E-state index contributed by atoms with van der Waals surface area (Å²) in [6, 6.07) is 9.70. The maximum Gasteiger partial charge on any atom is 0.251 e. The number of carbonyl (C=O) groups excluding carboxylic acids is 1. The van der Waals surface area contributed by atoms with Crippen LogP contribution in [0.1, 0.15) is 15.9 Å². The number of hydrogen-bond donors (Lipinski definition) is 1. The van der Waals surface area contributed by atoms with E-state index >= 15 is 0 Å². The molecule has 0 unspecified atom stereocenters. The van der Waals surface area contributed by atoms with Crippen molar-refractivity contribution in [3.05, 3.63) is 64.4 Å². The average molecular weight is 371 g/mol. The van der Waals surface area contributed by atoms with Gasteiger partial charge in [-0.05, 0) is 35.9 Å². The first-order chi connectivity index (χ1) is 11.3. The number of hydrogen-bond acceptors (Lipinski definition) is 3. The Morgan fingerprint density at radius 2 is 1.83 bits per heavy atom. The van der Waals surface area contributed by atoms with Gasteiger partial charge >= 0.3 is 0 Å². The number of nitrogens with one attached hydrogen (secondary N) is 1. The highest BCUT2D eigenvalue weighted by Gasteiger charge is 2.24. The number of halogens is 2. The van der Waals surface area contributed by atoms with Crippen molar-refractivity contribution in [3.8, 4) is 0 Å². The maximum absolute atomic E-state index is 13.1. The zero-order valence-corrected chi connectivity index (χ0v) is 14.7. The Balaban J connectivity index is 2.22. The second kappa shape index (κ2) is 7.29. The molecule has 128 valence electrons. The molecule has 0 saturated heterocycles. The number of carbonyl (C=O) groups is 1. The van der Waals surface area contributed by atoms with Gasteiger partial charge in [0.05, 0.1) is 5.02 Å². The Hall–Kier alpha value is -1.96. The molecule has 0 aromatic heterocycles. The van der Waals surface area contributed by atoms with Crippen molar-refractivity contribution in [3.63, 3.8) is 0 Å². The summed E-state index contributed by atoms with van der Waals surface area (Å²) in [5.74, 6) is -0.827. The highest BCUT2D eigenvalue weighted by molar-refractivity contribution is 7.89. The Morgan fingerprint density at radius 3 is 2.38 bits per heavy atom. The molecule has 1 N–H and O–H groups in total. The Kier molecular flexibility index (Phi) is 5.58. The van der Waals surface area contributed by atoms with E-state index in [1.807, 2.05) is 0 Å². The molecular formula is C16H16ClFN2O3S. The molecule has 0 heterocycles. The SMILES string of the molecule is CNC(=O)c1ccc(CN(C)S(=O)(=O)c2ccc(F)cc2Cl)cc1. The van der Waals surface area contributed by atoms with E-state index in [1.165, 1.54) is 14.1 Å². The van der Waals surface area contributed by atoms with E-state index in [4.69, 9.17) is 11.6 Å². The van der Waals surface area contributed by atoms with Gasteiger partial charge in [-0.15, -0.1) is 0 Å². The molecule has 2 aromatic rings. The van der Waals surface area contributed by atoms with Crippen LogP contribution in [0.4, 0.5) is 4.39 Å². The van der Waals surface area contributed by atoms with Gasteiger partial charge in [0.1, 0.15) is 10.7 Å². The third-order valence-corrected chi connectivity index (χ3v) is 5.72. The summed E-state index contributed by atoms with van der Waals surface area (Å²) in [5.41, 5.74) is 1.18. The summed E-state index contributed by atoms with van der Waals surface area (Å²) in [5, 5.41) is 2.34. The van der Waals surface area contributed by atoms with Crippen molar-refractivity contribution in [1.29, 1.82) is 0 Å². The predicted molar refractivity (Wildman–Crippen MR) is 89.9 cm³/mol. The summed E-state index contributed by atoms with van der Waals surface area (Å²) in [6.07, 6.45) is 0. The molecule has 1 amide bonds. The molecule has 0 saturated carbocycles. The molecule has 2 rings (SSSR count). The van der Waals surface area contributed by atoms with E-state index in [1.54, 1.807) is 24.3 Å². The first kappa shape index (κ1) is 18.4. The second-order valence-electron chi connectivity index (χ2n) is 5.11. The average Bonchev–Trinajstić information content (AvgIpc) is 2.54. The molecule has 0 radical (unpaired) electrons. The van der Waals surface area contributed by atoms with Gasteiger partial charge in [0, 0.05) is 26.2 Å². The summed E-state index contributed by atoms with van der Waals surface area (Å²) < 4.78 is 39.3. The van der Waals surface area contributed by atoms with Crippen LogP contribution in [0.3, 0.4) is 0 Å². The van der Waals surface area contributed by atoms with Crippen LogP contribution in [0, 0.1) is 5.82 Å². The number of nitrogens with zero attached hydrogens (tertiary/aromatic N) is 1. The third kappa shape index (κ3) is 3.92. The summed E-state index contributed by atoms with van der Waals surface area (Å²) in [7, 11) is -0.925. The molecule has 0 spiro atoms. The molecule has 8 heteroatoms. The van der Waals surface area contributed by atoms with E-state index in [0.717, 1.165) is 22.5 Å². The number of rotatable bonds is 5. The monoisotopic (exact) mass is 370 g/mol. The first-order valence-electron chi connectivity index (χ1n) is 6.98. The lowest BCUT2D eigenvalue weighted by Gasteiger charge is -2.18. The molecule has 2 aromatic carbocycles. The van der Waals surface area contributed by atoms with E-state index in [-0.39, 0.29) is 22.4 Å². The number of benzene rings is 2. The van der Waals surface area contributed by atoms with Gasteiger partial charge in [0.15, 0.2) is 0 Å². The van der Waals surface area contributed by atoms with E-state index in [0.29, 0.717) is 11.1 Å². The summed E-state index contributed by atoms with van der Waals surface area (Å²) in [4.78, 5) is 11.3. The molecule has 0 aliphatic heterocycles. The van der Waals surface area contributed by atoms with Crippen LogP contribution in [0.5, 0.6) is 0 Å². The van der Waals surface area contributed by atoms with Crippen LogP contribution in [-0.2, 0) is 16.6 Å². The van der Waals surface area contributed by atoms with Crippen LogP contribution in [0.25, 0.3) is 0 Å². The van der Waals surface area contributed by atoms with Crippen LogP contribution >= 0.6 is 11.6 Å². The smallest absolute Gasteiger partial charge is 0.251 e. The zero-order chi connectivity index (χ0) is 17.9. The van der Waals surface area contributed by atoms with Gasteiger partial charge in [-0.3, -0.25) is 4.79 Å². The maximum atomic E-state index is 13.1. The third-order valence-electron chi connectivity index (χ3n) is 3.43. The van der Waals surface area contributed by atoms with Crippen LogP contribution in [-0.4, -0.2) is 32.7 Å². The fraction of sp³-hybridized carbons (Fsp3) is 0.188. The van der Waals surface area contributed by atoms with Crippen molar-refractivity contribution >= 4 is 27.5 Å². The van der Waals surface area contributed by atoms with Gasteiger partial charge in [-0.1, -0.05) is 23.7 Å². The quantitative estimate of drug-likeness (QED) is 0.879. The molecule has 0 bridgehead atoms. The summed E-state index contributed by atoms with van der Waals surface area (Å²) in [6.45, 7) is 0.0874. The van der Waals surface area contributed by atoms with E-state index in [9.17, 15) is 17.6 Å². The Morgan fingerprint density at radius 1 is 1.21 bits per heavy atom. The first-order valence-corrected chi connectivity index (χ1v) is 8.80. The minimum Gasteiger partial charge on any atom is -0.355 e. The van der Waals surface area contributed by atoms with E-state index in [2.05, 4.69) is 5.32 Å². The predicted octanol–water partition coefficient (Wildman–Crippen LogP) is 2.66. The van der Waals surface area contributed by atoms with Crippen molar-refractivity contribution in [2.45, 2.75) is 11.4 Å². The molecule has 5 nitrogen and oxygen atoms in total. The van der Waals surface area contributed by atoms with Crippen LogP contribution < -0.4 is 5.32 Å². The van der Waals surface area contributed by atoms with Crippen LogP contribution in [0.15, 0.2) is 47.4 Å². The fourth-order valence-electron chi connectivity index (χ4n) is 2.10. The molecule has 0 aliphatic rings. The molecule has 0 fully saturated rings. The second-order valence-corrected chi connectivity index (χ2v) is 7.53. The minimum atomic E-state index is -3.86. The molecule has 0 atom stereocenters. The number of amides is 1.